The summed E-state index contributed by atoms with van der Waals surface area (Å²) in [6.07, 6.45) is -0.0790. The van der Waals surface area contributed by atoms with E-state index in [1.54, 1.807) is 12.1 Å². The van der Waals surface area contributed by atoms with Crippen molar-refractivity contribution in [3.63, 3.8) is 0 Å². The third-order valence-corrected chi connectivity index (χ3v) is 4.47. The maximum Gasteiger partial charge on any atom is 0.269 e. The van der Waals surface area contributed by atoms with Gasteiger partial charge in [0.15, 0.2) is 0 Å². The maximum absolute atomic E-state index is 10.8. The second-order valence-electron chi connectivity index (χ2n) is 6.72. The van der Waals surface area contributed by atoms with E-state index in [2.05, 4.69) is 15.5 Å². The molecule has 0 bridgehead atoms. The fourth-order valence-corrected chi connectivity index (χ4v) is 2.91. The molecule has 0 fully saturated rings. The third kappa shape index (κ3) is 5.93. The van der Waals surface area contributed by atoms with E-state index in [1.807, 2.05) is 37.3 Å². The Labute approximate surface area is 173 Å². The lowest BCUT2D eigenvalue weighted by Gasteiger charge is -2.18. The molecule has 3 aromatic rings. The lowest BCUT2D eigenvalue weighted by atomic mass is 10.1. The van der Waals surface area contributed by atoms with Crippen molar-refractivity contribution in [3.8, 4) is 11.4 Å². The van der Waals surface area contributed by atoms with E-state index in [0.29, 0.717) is 36.9 Å². The van der Waals surface area contributed by atoms with Crippen molar-refractivity contribution in [3.05, 3.63) is 76.2 Å². The minimum absolute atomic E-state index is 0.00521. The van der Waals surface area contributed by atoms with Crippen molar-refractivity contribution in [1.29, 1.82) is 0 Å². The van der Waals surface area contributed by atoms with Gasteiger partial charge in [-0.3, -0.25) is 10.1 Å². The number of ether oxygens (including phenoxy) is 1. The Morgan fingerprint density at radius 2 is 1.93 bits per heavy atom. The quantitative estimate of drug-likeness (QED) is 0.364. The van der Waals surface area contributed by atoms with Gasteiger partial charge in [-0.25, -0.2) is 0 Å². The van der Waals surface area contributed by atoms with Crippen LogP contribution in [0.1, 0.15) is 24.4 Å². The number of non-ortho nitro benzene ring substituents is 1. The van der Waals surface area contributed by atoms with E-state index in [0.717, 1.165) is 5.56 Å². The molecule has 0 radical (unpaired) electrons. The molecule has 9 nitrogen and oxygen atoms in total. The highest BCUT2D eigenvalue weighted by atomic mass is 16.6. The molecular weight excluding hydrogens is 388 g/mol. The molecule has 2 N–H and O–H groups in total. The summed E-state index contributed by atoms with van der Waals surface area (Å²) in [5, 5.41) is 28.2. The van der Waals surface area contributed by atoms with Crippen LogP contribution in [0.5, 0.6) is 0 Å². The lowest BCUT2D eigenvalue weighted by Crippen LogP contribution is -2.34. The number of hydrogen-bond donors (Lipinski definition) is 2. The second-order valence-corrected chi connectivity index (χ2v) is 6.72. The number of nitro benzene ring substituents is 1. The number of aliphatic hydroxyl groups is 1. The van der Waals surface area contributed by atoms with Gasteiger partial charge in [0.25, 0.3) is 5.69 Å². The number of rotatable bonds is 11. The average Bonchev–Trinajstić information content (AvgIpc) is 3.26. The van der Waals surface area contributed by atoms with E-state index >= 15 is 0 Å². The standard InChI is InChI=1S/C21H24N4O5/c1-2-29-14-18(26)13-22-19(12-15-6-4-3-5-7-15)21-23-20(24-30-21)16-8-10-17(11-9-16)25(27)28/h3-11,18-19,22,26H,2,12-14H2,1H3. The molecule has 0 spiro atoms. The largest absolute Gasteiger partial charge is 0.389 e. The number of nitro groups is 1. The van der Waals surface area contributed by atoms with Gasteiger partial charge in [0, 0.05) is 30.8 Å². The molecule has 0 amide bonds. The number of nitrogens with zero attached hydrogens (tertiary/aromatic N) is 3. The van der Waals surface area contributed by atoms with Crippen molar-refractivity contribution in [2.24, 2.45) is 0 Å². The van der Waals surface area contributed by atoms with Crippen LogP contribution in [0.2, 0.25) is 0 Å². The first-order valence-corrected chi connectivity index (χ1v) is 9.68. The predicted octanol–water partition coefficient (Wildman–Crippen LogP) is 2.92. The zero-order valence-corrected chi connectivity index (χ0v) is 16.6. The molecule has 2 unspecified atom stereocenters. The lowest BCUT2D eigenvalue weighted by molar-refractivity contribution is -0.384. The minimum Gasteiger partial charge on any atom is -0.389 e. The van der Waals surface area contributed by atoms with Crippen LogP contribution in [0.15, 0.2) is 59.1 Å². The third-order valence-electron chi connectivity index (χ3n) is 4.47. The number of nitrogens with one attached hydrogen (secondary N) is 1. The van der Waals surface area contributed by atoms with Crippen molar-refractivity contribution in [2.45, 2.75) is 25.5 Å². The number of aromatic nitrogens is 2. The minimum atomic E-state index is -0.666. The van der Waals surface area contributed by atoms with Gasteiger partial charge in [-0.15, -0.1) is 0 Å². The first-order valence-electron chi connectivity index (χ1n) is 9.68. The highest BCUT2D eigenvalue weighted by Gasteiger charge is 2.21. The highest BCUT2D eigenvalue weighted by Crippen LogP contribution is 2.23. The van der Waals surface area contributed by atoms with Crippen LogP contribution in [-0.4, -0.2) is 46.0 Å². The SMILES string of the molecule is CCOCC(O)CNC(Cc1ccccc1)c1nc(-c2ccc([N+](=O)[O-])cc2)no1. The fraction of sp³-hybridized carbons (Fsp3) is 0.333. The van der Waals surface area contributed by atoms with Crippen LogP contribution in [-0.2, 0) is 11.2 Å². The summed E-state index contributed by atoms with van der Waals surface area (Å²) in [5.41, 5.74) is 1.68. The van der Waals surface area contributed by atoms with Gasteiger partial charge in [0.1, 0.15) is 0 Å². The molecule has 2 aromatic carbocycles. The molecule has 0 aliphatic rings. The summed E-state index contributed by atoms with van der Waals surface area (Å²) in [5.74, 6) is 0.713. The summed E-state index contributed by atoms with van der Waals surface area (Å²) >= 11 is 0. The molecular formula is C21H24N4O5. The van der Waals surface area contributed by atoms with E-state index in [-0.39, 0.29) is 18.3 Å². The molecule has 9 heteroatoms. The van der Waals surface area contributed by atoms with E-state index in [1.165, 1.54) is 12.1 Å². The van der Waals surface area contributed by atoms with Crippen LogP contribution in [0.4, 0.5) is 5.69 Å². The van der Waals surface area contributed by atoms with Gasteiger partial charge >= 0.3 is 0 Å². The average molecular weight is 412 g/mol. The van der Waals surface area contributed by atoms with Gasteiger partial charge in [-0.1, -0.05) is 35.5 Å². The van der Waals surface area contributed by atoms with Crippen LogP contribution in [0, 0.1) is 10.1 Å². The van der Waals surface area contributed by atoms with Crippen molar-refractivity contribution in [1.82, 2.24) is 15.5 Å². The van der Waals surface area contributed by atoms with Crippen LogP contribution >= 0.6 is 0 Å². The molecule has 0 aliphatic heterocycles. The zero-order valence-electron chi connectivity index (χ0n) is 16.6. The zero-order chi connectivity index (χ0) is 21.3. The molecule has 158 valence electrons. The van der Waals surface area contributed by atoms with Crippen LogP contribution in [0.3, 0.4) is 0 Å². The van der Waals surface area contributed by atoms with Crippen LogP contribution < -0.4 is 5.32 Å². The summed E-state index contributed by atoms with van der Waals surface area (Å²) < 4.78 is 10.7. The normalized spacial score (nSPS) is 13.1. The molecule has 2 atom stereocenters. The first kappa shape index (κ1) is 21.6. The Balaban J connectivity index is 1.76. The van der Waals surface area contributed by atoms with E-state index in [4.69, 9.17) is 9.26 Å². The molecule has 1 heterocycles. The van der Waals surface area contributed by atoms with E-state index in [9.17, 15) is 15.2 Å². The van der Waals surface area contributed by atoms with Gasteiger partial charge in [0.05, 0.1) is 23.7 Å². The number of aliphatic hydroxyl groups excluding tert-OH is 1. The van der Waals surface area contributed by atoms with Crippen molar-refractivity contribution in [2.75, 3.05) is 19.8 Å². The molecule has 0 saturated carbocycles. The Morgan fingerprint density at radius 3 is 2.60 bits per heavy atom. The van der Waals surface area contributed by atoms with Crippen molar-refractivity contribution < 1.29 is 19.3 Å². The summed E-state index contributed by atoms with van der Waals surface area (Å²) in [7, 11) is 0. The summed E-state index contributed by atoms with van der Waals surface area (Å²) in [6, 6.07) is 15.5. The summed E-state index contributed by atoms with van der Waals surface area (Å²) in [6.45, 7) is 2.94. The Morgan fingerprint density at radius 1 is 1.20 bits per heavy atom. The van der Waals surface area contributed by atoms with Gasteiger partial charge in [-0.05, 0) is 31.0 Å². The second kappa shape index (κ2) is 10.6. The molecule has 30 heavy (non-hydrogen) atoms. The number of benzene rings is 2. The first-order chi connectivity index (χ1) is 14.6. The van der Waals surface area contributed by atoms with Crippen molar-refractivity contribution >= 4 is 5.69 Å². The molecule has 0 saturated heterocycles. The Kier molecular flexibility index (Phi) is 7.61. The number of hydrogen-bond acceptors (Lipinski definition) is 8. The van der Waals surface area contributed by atoms with E-state index < -0.39 is 11.0 Å². The Hall–Kier alpha value is -3.14. The predicted molar refractivity (Wildman–Crippen MR) is 110 cm³/mol. The summed E-state index contributed by atoms with van der Waals surface area (Å²) in [4.78, 5) is 14.8. The van der Waals surface area contributed by atoms with Crippen LogP contribution in [0.25, 0.3) is 11.4 Å². The molecule has 1 aromatic heterocycles. The van der Waals surface area contributed by atoms with Gasteiger partial charge in [-0.2, -0.15) is 4.98 Å². The topological polar surface area (TPSA) is 124 Å². The Bertz CT molecular complexity index is 930. The highest BCUT2D eigenvalue weighted by molar-refractivity contribution is 5.56. The van der Waals surface area contributed by atoms with Gasteiger partial charge < -0.3 is 19.7 Å². The monoisotopic (exact) mass is 412 g/mol. The fourth-order valence-electron chi connectivity index (χ4n) is 2.91. The molecule has 3 rings (SSSR count). The smallest absolute Gasteiger partial charge is 0.269 e. The maximum atomic E-state index is 10.8. The van der Waals surface area contributed by atoms with Gasteiger partial charge in [0.2, 0.25) is 11.7 Å². The molecule has 0 aliphatic carbocycles.